The molecule has 0 aromatic heterocycles. The fraction of sp³-hybridized carbons (Fsp3) is 0.385. The van der Waals surface area contributed by atoms with Gasteiger partial charge in [-0.1, -0.05) is 24.1 Å². The minimum absolute atomic E-state index is 0.0352. The van der Waals surface area contributed by atoms with Gasteiger partial charge in [0.05, 0.1) is 6.54 Å². The summed E-state index contributed by atoms with van der Waals surface area (Å²) in [6.07, 6.45) is 5.35. The maximum absolute atomic E-state index is 5.92. The molecule has 2 heteroatoms. The Balaban J connectivity index is 3.06. The third-order valence-electron chi connectivity index (χ3n) is 2.43. The third kappa shape index (κ3) is 2.74. The second kappa shape index (κ2) is 5.43. The number of nitrogens with zero attached hydrogens (tertiary/aromatic N) is 1. The number of rotatable bonds is 4. The smallest absolute Gasteiger partial charge is 0.0791 e. The van der Waals surface area contributed by atoms with Crippen molar-refractivity contribution in [1.29, 1.82) is 0 Å². The van der Waals surface area contributed by atoms with Gasteiger partial charge in [-0.25, -0.2) is 0 Å². The molecule has 0 heterocycles. The van der Waals surface area contributed by atoms with Crippen LogP contribution in [0.1, 0.15) is 25.5 Å². The number of benzene rings is 1. The molecule has 1 atom stereocenters. The molecule has 0 amide bonds. The van der Waals surface area contributed by atoms with Crippen molar-refractivity contribution < 1.29 is 0 Å². The maximum Gasteiger partial charge on any atom is 0.0791 e. The summed E-state index contributed by atoms with van der Waals surface area (Å²) < 4.78 is 0. The topological polar surface area (TPSA) is 29.3 Å². The number of hydrogen-bond donors (Lipinski definition) is 1. The van der Waals surface area contributed by atoms with Crippen molar-refractivity contribution in [3.8, 4) is 12.3 Å². The Bertz CT molecular complexity index is 350. The highest BCUT2D eigenvalue weighted by atomic mass is 15.1. The molecule has 0 fully saturated rings. The monoisotopic (exact) mass is 202 g/mol. The average molecular weight is 202 g/mol. The Morgan fingerprint density at radius 3 is 2.67 bits per heavy atom. The highest BCUT2D eigenvalue weighted by Crippen LogP contribution is 2.24. The lowest BCUT2D eigenvalue weighted by Gasteiger charge is -2.24. The first-order chi connectivity index (χ1) is 7.20. The van der Waals surface area contributed by atoms with Crippen molar-refractivity contribution in [2.75, 3.05) is 18.0 Å². The molecule has 0 bridgehead atoms. The van der Waals surface area contributed by atoms with Crippen LogP contribution in [-0.2, 0) is 0 Å². The van der Waals surface area contributed by atoms with Crippen molar-refractivity contribution in [2.45, 2.75) is 19.9 Å². The molecule has 2 nitrogen and oxygen atoms in total. The van der Waals surface area contributed by atoms with E-state index < -0.39 is 0 Å². The molecule has 15 heavy (non-hydrogen) atoms. The van der Waals surface area contributed by atoms with E-state index >= 15 is 0 Å². The summed E-state index contributed by atoms with van der Waals surface area (Å²) in [6, 6.07) is 8.18. The predicted octanol–water partition coefficient (Wildman–Crippen LogP) is 2.17. The summed E-state index contributed by atoms with van der Waals surface area (Å²) in [6.45, 7) is 5.60. The third-order valence-corrected chi connectivity index (χ3v) is 2.43. The molecule has 0 aliphatic rings. The van der Waals surface area contributed by atoms with E-state index in [2.05, 4.69) is 29.9 Å². The van der Waals surface area contributed by atoms with Crippen LogP contribution >= 0.6 is 0 Å². The zero-order valence-corrected chi connectivity index (χ0v) is 9.40. The van der Waals surface area contributed by atoms with Gasteiger partial charge >= 0.3 is 0 Å². The zero-order valence-electron chi connectivity index (χ0n) is 9.40. The molecule has 0 unspecified atom stereocenters. The molecule has 0 radical (unpaired) electrons. The largest absolute Gasteiger partial charge is 0.360 e. The maximum atomic E-state index is 5.92. The number of nitrogens with two attached hydrogens (primary N) is 1. The van der Waals surface area contributed by atoms with E-state index in [0.717, 1.165) is 17.8 Å². The van der Waals surface area contributed by atoms with Gasteiger partial charge in [-0.2, -0.15) is 0 Å². The minimum atomic E-state index is 0.0352. The molecule has 0 aliphatic heterocycles. The number of para-hydroxylation sites is 1. The van der Waals surface area contributed by atoms with Crippen LogP contribution in [0.5, 0.6) is 0 Å². The van der Waals surface area contributed by atoms with E-state index in [4.69, 9.17) is 12.2 Å². The van der Waals surface area contributed by atoms with E-state index in [0.29, 0.717) is 6.54 Å². The van der Waals surface area contributed by atoms with Gasteiger partial charge in [0, 0.05) is 18.3 Å². The van der Waals surface area contributed by atoms with Crippen LogP contribution in [0.3, 0.4) is 0 Å². The fourth-order valence-corrected chi connectivity index (χ4v) is 1.64. The number of terminal acetylenes is 1. The normalized spacial score (nSPS) is 11.9. The quantitative estimate of drug-likeness (QED) is 0.758. The Labute approximate surface area is 92.1 Å². The molecule has 1 rings (SSSR count). The Kier molecular flexibility index (Phi) is 4.20. The van der Waals surface area contributed by atoms with Crippen LogP contribution < -0.4 is 10.6 Å². The van der Waals surface area contributed by atoms with Crippen molar-refractivity contribution in [2.24, 2.45) is 5.73 Å². The summed E-state index contributed by atoms with van der Waals surface area (Å²) in [7, 11) is 0. The standard InChI is InChI=1S/C13H18N2/c1-4-10-15(5-2)13-9-7-6-8-12(13)11(3)14/h1,6-9,11H,5,10,14H2,2-3H3/t11-/m0/s1. The lowest BCUT2D eigenvalue weighted by Crippen LogP contribution is -2.25. The van der Waals surface area contributed by atoms with Crippen LogP contribution in [0.4, 0.5) is 5.69 Å². The predicted molar refractivity (Wildman–Crippen MR) is 65.8 cm³/mol. The fourth-order valence-electron chi connectivity index (χ4n) is 1.64. The van der Waals surface area contributed by atoms with Crippen LogP contribution in [0.25, 0.3) is 0 Å². The number of anilines is 1. The molecule has 0 saturated carbocycles. The molecule has 80 valence electrons. The van der Waals surface area contributed by atoms with Crippen LogP contribution in [-0.4, -0.2) is 13.1 Å². The van der Waals surface area contributed by atoms with E-state index in [1.54, 1.807) is 0 Å². The second-order valence-corrected chi connectivity index (χ2v) is 3.57. The van der Waals surface area contributed by atoms with E-state index in [9.17, 15) is 0 Å². The van der Waals surface area contributed by atoms with Gasteiger partial charge in [-0.05, 0) is 25.5 Å². The van der Waals surface area contributed by atoms with Gasteiger partial charge < -0.3 is 10.6 Å². The second-order valence-electron chi connectivity index (χ2n) is 3.57. The van der Waals surface area contributed by atoms with Crippen molar-refractivity contribution in [3.63, 3.8) is 0 Å². The van der Waals surface area contributed by atoms with Gasteiger partial charge in [0.25, 0.3) is 0 Å². The van der Waals surface area contributed by atoms with Gasteiger partial charge in [0.2, 0.25) is 0 Å². The molecule has 0 saturated heterocycles. The summed E-state index contributed by atoms with van der Waals surface area (Å²) in [5.41, 5.74) is 8.22. The summed E-state index contributed by atoms with van der Waals surface area (Å²) in [5.74, 6) is 2.67. The highest BCUT2D eigenvalue weighted by molar-refractivity contribution is 5.55. The molecule has 0 spiro atoms. The highest BCUT2D eigenvalue weighted by Gasteiger charge is 2.10. The first kappa shape index (κ1) is 11.6. The number of hydrogen-bond acceptors (Lipinski definition) is 2. The Morgan fingerprint density at radius 1 is 1.47 bits per heavy atom. The lowest BCUT2D eigenvalue weighted by molar-refractivity contribution is 0.800. The average Bonchev–Trinajstić information content (AvgIpc) is 2.26. The van der Waals surface area contributed by atoms with Crippen LogP contribution in [0, 0.1) is 12.3 Å². The molecule has 2 N–H and O–H groups in total. The molecular formula is C13H18N2. The summed E-state index contributed by atoms with van der Waals surface area (Å²) >= 11 is 0. The van der Waals surface area contributed by atoms with Crippen molar-refractivity contribution >= 4 is 5.69 Å². The van der Waals surface area contributed by atoms with Gasteiger partial charge in [-0.15, -0.1) is 6.42 Å². The van der Waals surface area contributed by atoms with Gasteiger partial charge in [-0.3, -0.25) is 0 Å². The minimum Gasteiger partial charge on any atom is -0.360 e. The Morgan fingerprint density at radius 2 is 2.13 bits per heavy atom. The van der Waals surface area contributed by atoms with E-state index in [1.807, 2.05) is 19.1 Å². The van der Waals surface area contributed by atoms with Gasteiger partial charge in [0.15, 0.2) is 0 Å². The first-order valence-electron chi connectivity index (χ1n) is 5.23. The molecule has 1 aromatic rings. The van der Waals surface area contributed by atoms with Crippen LogP contribution in [0.2, 0.25) is 0 Å². The summed E-state index contributed by atoms with van der Waals surface area (Å²) in [5, 5.41) is 0. The Hall–Kier alpha value is -1.46. The molecule has 0 aliphatic carbocycles. The zero-order chi connectivity index (χ0) is 11.3. The van der Waals surface area contributed by atoms with Crippen LogP contribution in [0.15, 0.2) is 24.3 Å². The molecular weight excluding hydrogens is 184 g/mol. The SMILES string of the molecule is C#CCN(CC)c1ccccc1[C@H](C)N. The summed E-state index contributed by atoms with van der Waals surface area (Å²) in [4.78, 5) is 2.15. The van der Waals surface area contributed by atoms with Gasteiger partial charge in [0.1, 0.15) is 0 Å². The van der Waals surface area contributed by atoms with Crippen molar-refractivity contribution in [1.82, 2.24) is 0 Å². The molecule has 1 aromatic carbocycles. The van der Waals surface area contributed by atoms with E-state index in [1.165, 1.54) is 0 Å². The van der Waals surface area contributed by atoms with E-state index in [-0.39, 0.29) is 6.04 Å². The lowest BCUT2D eigenvalue weighted by atomic mass is 10.1. The first-order valence-corrected chi connectivity index (χ1v) is 5.23. The van der Waals surface area contributed by atoms with Crippen molar-refractivity contribution in [3.05, 3.63) is 29.8 Å².